The Morgan fingerprint density at radius 1 is 1.09 bits per heavy atom. The number of hydrogen-bond donors (Lipinski definition) is 1. The summed E-state index contributed by atoms with van der Waals surface area (Å²) in [6.45, 7) is 0. The van der Waals surface area contributed by atoms with Crippen molar-refractivity contribution in [3.05, 3.63) is 86.8 Å². The van der Waals surface area contributed by atoms with Crippen LogP contribution in [0.25, 0.3) is 5.70 Å². The van der Waals surface area contributed by atoms with Crippen LogP contribution in [0.3, 0.4) is 0 Å². The van der Waals surface area contributed by atoms with Crippen molar-refractivity contribution in [3.63, 3.8) is 0 Å². The molecule has 2 aromatic heterocycles. The molecule has 9 heteroatoms. The van der Waals surface area contributed by atoms with E-state index in [2.05, 4.69) is 26.8 Å². The van der Waals surface area contributed by atoms with E-state index in [1.807, 2.05) is 47.1 Å². The first-order chi connectivity index (χ1) is 16.2. The zero-order valence-corrected chi connectivity index (χ0v) is 19.4. The van der Waals surface area contributed by atoms with E-state index in [9.17, 15) is 0 Å². The minimum absolute atomic E-state index is 0.191. The molecule has 0 bridgehead atoms. The number of hydrogen-bond acceptors (Lipinski definition) is 7. The molecule has 0 amide bonds. The summed E-state index contributed by atoms with van der Waals surface area (Å²) in [6, 6.07) is 15.5. The van der Waals surface area contributed by atoms with Crippen molar-refractivity contribution in [1.29, 1.82) is 0 Å². The van der Waals surface area contributed by atoms with Crippen molar-refractivity contribution in [2.24, 2.45) is 0 Å². The largest absolute Gasteiger partial charge is 0.493 e. The third kappa shape index (κ3) is 3.17. The van der Waals surface area contributed by atoms with Crippen LogP contribution in [0.15, 0.2) is 65.8 Å². The first-order valence-corrected chi connectivity index (χ1v) is 11.6. The number of fused-ring (bicyclic) bond motifs is 3. The lowest BCUT2D eigenvalue weighted by Crippen LogP contribution is -2.32. The predicted octanol–water partition coefficient (Wildman–Crippen LogP) is 5.57. The molecule has 0 saturated carbocycles. The molecule has 4 heterocycles. The molecular formula is C24H19ClN4O3S. The molecule has 0 saturated heterocycles. The van der Waals surface area contributed by atoms with Gasteiger partial charge in [-0.2, -0.15) is 10.1 Å². The highest BCUT2D eigenvalue weighted by Gasteiger charge is 2.41. The quantitative estimate of drug-likeness (QED) is 0.413. The second kappa shape index (κ2) is 7.83. The lowest BCUT2D eigenvalue weighted by atomic mass is 9.87. The van der Waals surface area contributed by atoms with E-state index in [1.54, 1.807) is 31.9 Å². The van der Waals surface area contributed by atoms with Crippen LogP contribution in [-0.2, 0) is 0 Å². The summed E-state index contributed by atoms with van der Waals surface area (Å²) in [5, 5.41) is 10.7. The zero-order valence-electron chi connectivity index (χ0n) is 17.8. The fourth-order valence-electron chi connectivity index (χ4n) is 4.45. The van der Waals surface area contributed by atoms with Gasteiger partial charge in [0.15, 0.2) is 11.5 Å². The van der Waals surface area contributed by atoms with Crippen LogP contribution in [0.4, 0.5) is 5.95 Å². The summed E-state index contributed by atoms with van der Waals surface area (Å²) < 4.78 is 19.5. The van der Waals surface area contributed by atoms with Gasteiger partial charge in [-0.05, 0) is 41.8 Å². The Hall–Kier alpha value is -3.49. The Kier molecular flexibility index (Phi) is 4.78. The van der Waals surface area contributed by atoms with Gasteiger partial charge in [-0.1, -0.05) is 23.7 Å². The summed E-state index contributed by atoms with van der Waals surface area (Å²) >= 11 is 8.05. The number of rotatable bonds is 4. The molecule has 33 heavy (non-hydrogen) atoms. The normalized spacial score (nSPS) is 18.5. The molecule has 7 nitrogen and oxygen atoms in total. The number of anilines is 1. The van der Waals surface area contributed by atoms with Gasteiger partial charge >= 0.3 is 0 Å². The molecule has 166 valence electrons. The number of nitrogens with one attached hydrogen (secondary N) is 1. The van der Waals surface area contributed by atoms with Crippen LogP contribution in [0.5, 0.6) is 17.2 Å². The summed E-state index contributed by atoms with van der Waals surface area (Å²) in [6.07, 6.45) is 1.16. The second-order valence-corrected chi connectivity index (χ2v) is 9.07. The van der Waals surface area contributed by atoms with Crippen molar-refractivity contribution in [3.8, 4) is 17.2 Å². The van der Waals surface area contributed by atoms with Crippen molar-refractivity contribution in [2.45, 2.75) is 12.1 Å². The van der Waals surface area contributed by atoms with Crippen molar-refractivity contribution >= 4 is 34.6 Å². The van der Waals surface area contributed by atoms with E-state index in [0.717, 1.165) is 33.0 Å². The molecule has 6 rings (SSSR count). The zero-order chi connectivity index (χ0) is 22.5. The summed E-state index contributed by atoms with van der Waals surface area (Å²) in [4.78, 5) is 5.59. The van der Waals surface area contributed by atoms with E-state index in [1.165, 1.54) is 0 Å². The number of ether oxygens (including phenoxy) is 3. The Morgan fingerprint density at radius 3 is 2.76 bits per heavy atom. The van der Waals surface area contributed by atoms with Crippen LogP contribution >= 0.6 is 22.9 Å². The van der Waals surface area contributed by atoms with Crippen LogP contribution in [0.2, 0.25) is 5.02 Å². The maximum Gasteiger partial charge on any atom is 0.226 e. The lowest BCUT2D eigenvalue weighted by Gasteiger charge is -2.38. The second-order valence-electron chi connectivity index (χ2n) is 7.65. The third-order valence-corrected chi connectivity index (χ3v) is 7.06. The van der Waals surface area contributed by atoms with Gasteiger partial charge in [0.25, 0.3) is 0 Å². The van der Waals surface area contributed by atoms with Gasteiger partial charge in [-0.25, -0.2) is 4.68 Å². The Balaban J connectivity index is 1.61. The molecule has 1 N–H and O–H groups in total. The molecule has 2 aliphatic rings. The molecule has 0 fully saturated rings. The molecule has 2 atom stereocenters. The Morgan fingerprint density at radius 2 is 1.97 bits per heavy atom. The first kappa shape index (κ1) is 20.1. The smallest absolute Gasteiger partial charge is 0.226 e. The molecular weight excluding hydrogens is 460 g/mol. The highest BCUT2D eigenvalue weighted by atomic mass is 35.5. The van der Waals surface area contributed by atoms with Crippen LogP contribution in [0.1, 0.15) is 28.1 Å². The van der Waals surface area contributed by atoms with Crippen molar-refractivity contribution in [1.82, 2.24) is 14.8 Å². The van der Waals surface area contributed by atoms with Crippen molar-refractivity contribution in [2.75, 3.05) is 19.5 Å². The number of aromatic nitrogens is 3. The maximum absolute atomic E-state index is 6.63. The number of nitrogens with zero attached hydrogens (tertiary/aromatic N) is 3. The molecule has 0 unspecified atom stereocenters. The first-order valence-electron chi connectivity index (χ1n) is 10.3. The van der Waals surface area contributed by atoms with Gasteiger partial charge in [-0.15, -0.1) is 11.3 Å². The Bertz CT molecular complexity index is 1380. The van der Waals surface area contributed by atoms with Crippen LogP contribution in [0, 0.1) is 0 Å². The highest BCUT2D eigenvalue weighted by molar-refractivity contribution is 7.10. The molecule has 2 aromatic carbocycles. The Labute approximate surface area is 199 Å². The standard InChI is InChI=1S/C24H19ClN4O3S/c1-30-17-7-5-13(10-18(17)31-2)23-20-21(15-11-14(25)6-8-16(15)32-23)28-24-26-12-27-29(24)22(20)19-4-3-9-33-19/h3-12,22-23H,1-2H3,(H,26,27,28)/t22-,23+/m1/s1. The fourth-order valence-corrected chi connectivity index (χ4v) is 5.45. The number of methoxy groups -OCH3 is 2. The highest BCUT2D eigenvalue weighted by Crippen LogP contribution is 2.52. The summed E-state index contributed by atoms with van der Waals surface area (Å²) in [7, 11) is 3.25. The summed E-state index contributed by atoms with van der Waals surface area (Å²) in [5.41, 5.74) is 3.78. The van der Waals surface area contributed by atoms with E-state index >= 15 is 0 Å². The van der Waals surface area contributed by atoms with Crippen LogP contribution in [-0.4, -0.2) is 29.0 Å². The average molecular weight is 479 g/mol. The van der Waals surface area contributed by atoms with E-state index in [0.29, 0.717) is 22.5 Å². The SMILES string of the molecule is COc1ccc([C@@H]2Oc3ccc(Cl)cc3C3=C2[C@@H](c2cccs2)n2ncnc2N3)cc1OC. The third-order valence-electron chi connectivity index (χ3n) is 5.90. The van der Waals surface area contributed by atoms with Gasteiger partial charge in [0.2, 0.25) is 5.95 Å². The van der Waals surface area contributed by atoms with Gasteiger partial charge in [0.05, 0.1) is 19.9 Å². The average Bonchev–Trinajstić information content (AvgIpc) is 3.54. The predicted molar refractivity (Wildman–Crippen MR) is 127 cm³/mol. The number of halogens is 1. The van der Waals surface area contributed by atoms with Gasteiger partial charge < -0.3 is 19.5 Å². The van der Waals surface area contributed by atoms with Gasteiger partial charge in [0.1, 0.15) is 24.2 Å². The molecule has 0 radical (unpaired) electrons. The van der Waals surface area contributed by atoms with Crippen LogP contribution < -0.4 is 19.5 Å². The van der Waals surface area contributed by atoms with Gasteiger partial charge in [-0.3, -0.25) is 0 Å². The minimum Gasteiger partial charge on any atom is -0.493 e. The minimum atomic E-state index is -0.398. The molecule has 4 aromatic rings. The topological polar surface area (TPSA) is 70.4 Å². The molecule has 0 aliphatic carbocycles. The maximum atomic E-state index is 6.63. The number of benzene rings is 2. The molecule has 0 spiro atoms. The van der Waals surface area contributed by atoms with E-state index < -0.39 is 6.10 Å². The van der Waals surface area contributed by atoms with E-state index in [4.69, 9.17) is 25.8 Å². The van der Waals surface area contributed by atoms with Crippen molar-refractivity contribution < 1.29 is 14.2 Å². The lowest BCUT2D eigenvalue weighted by molar-refractivity contribution is 0.222. The molecule has 2 aliphatic heterocycles. The summed E-state index contributed by atoms with van der Waals surface area (Å²) in [5.74, 6) is 2.71. The van der Waals surface area contributed by atoms with Gasteiger partial charge in [0, 0.05) is 26.6 Å². The van der Waals surface area contributed by atoms with E-state index in [-0.39, 0.29) is 6.04 Å². The number of thiophene rings is 1. The fraction of sp³-hybridized carbons (Fsp3) is 0.167. The monoisotopic (exact) mass is 478 g/mol.